The van der Waals surface area contributed by atoms with Crippen molar-refractivity contribution >= 4 is 38.9 Å². The summed E-state index contributed by atoms with van der Waals surface area (Å²) >= 11 is 0. The Balaban J connectivity index is 0.000000566. The van der Waals surface area contributed by atoms with Crippen LogP contribution in [0.25, 0.3) is 11.2 Å². The molecule has 44 heavy (non-hydrogen) atoms. The van der Waals surface area contributed by atoms with Crippen molar-refractivity contribution in [1.82, 2.24) is 28.7 Å². The standard InChI is InChI=1S/C26H38N8O2S.C2HF3O2/c1-19(2)32-12-8-9-21(17-32)28-24-23-25(34(18-27-23)20(3)4)30-26(29-24)31-13-15-33(16-14-31)37(35,36)22-10-6-5-7-11-22;3-2(4,5)1(6)7/h5-7,10-11,18-21H,8-9,12-17H2,1-4H3,(H,28,29,30);(H,6,7). The van der Waals surface area contributed by atoms with Crippen molar-refractivity contribution < 1.29 is 31.5 Å². The Labute approximate surface area is 254 Å². The molecule has 2 aliphatic heterocycles. The van der Waals surface area contributed by atoms with Crippen LogP contribution in [0.4, 0.5) is 24.9 Å². The maximum atomic E-state index is 13.1. The Morgan fingerprint density at radius 2 is 1.64 bits per heavy atom. The molecule has 0 spiro atoms. The number of aliphatic carboxylic acids is 1. The number of anilines is 2. The average Bonchev–Trinajstić information content (AvgIpc) is 3.42. The number of piperidine rings is 1. The predicted octanol–water partition coefficient (Wildman–Crippen LogP) is 3.84. The van der Waals surface area contributed by atoms with Gasteiger partial charge in [-0.25, -0.2) is 18.2 Å². The molecule has 5 rings (SSSR count). The molecule has 2 N–H and O–H groups in total. The van der Waals surface area contributed by atoms with Gasteiger partial charge in [0.15, 0.2) is 17.0 Å². The van der Waals surface area contributed by atoms with Crippen LogP contribution in [0.3, 0.4) is 0 Å². The molecule has 0 bridgehead atoms. The van der Waals surface area contributed by atoms with Crippen molar-refractivity contribution in [2.75, 3.05) is 49.5 Å². The third kappa shape index (κ3) is 7.77. The summed E-state index contributed by atoms with van der Waals surface area (Å²) in [5.41, 5.74) is 1.59. The number of piperazine rings is 1. The van der Waals surface area contributed by atoms with E-state index in [4.69, 9.17) is 19.9 Å². The molecule has 1 unspecified atom stereocenters. The van der Waals surface area contributed by atoms with Crippen LogP contribution in [0.1, 0.15) is 46.6 Å². The monoisotopic (exact) mass is 640 g/mol. The van der Waals surface area contributed by atoms with Crippen LogP contribution in [0.2, 0.25) is 0 Å². The molecule has 2 saturated heterocycles. The van der Waals surface area contributed by atoms with Crippen molar-refractivity contribution in [1.29, 1.82) is 0 Å². The Morgan fingerprint density at radius 3 is 2.20 bits per heavy atom. The third-order valence-electron chi connectivity index (χ3n) is 7.63. The van der Waals surface area contributed by atoms with Crippen LogP contribution in [-0.2, 0) is 14.8 Å². The highest BCUT2D eigenvalue weighted by Crippen LogP contribution is 2.28. The number of carboxylic acids is 1. The quantitative estimate of drug-likeness (QED) is 0.392. The van der Waals surface area contributed by atoms with E-state index in [1.807, 2.05) is 12.4 Å². The number of carbonyl (C=O) groups is 1. The van der Waals surface area contributed by atoms with Crippen molar-refractivity contribution in [3.05, 3.63) is 36.7 Å². The highest BCUT2D eigenvalue weighted by atomic mass is 32.2. The highest BCUT2D eigenvalue weighted by molar-refractivity contribution is 7.89. The second-order valence-electron chi connectivity index (χ2n) is 11.4. The van der Waals surface area contributed by atoms with Gasteiger partial charge in [0.25, 0.3) is 0 Å². The van der Waals surface area contributed by atoms with Gasteiger partial charge in [-0.05, 0) is 59.2 Å². The minimum Gasteiger partial charge on any atom is -0.475 e. The topological polar surface area (TPSA) is 137 Å². The van der Waals surface area contributed by atoms with E-state index in [1.54, 1.807) is 28.6 Å². The number of nitrogens with one attached hydrogen (secondary N) is 1. The number of aromatic nitrogens is 4. The van der Waals surface area contributed by atoms with Gasteiger partial charge in [-0.3, -0.25) is 4.90 Å². The summed E-state index contributed by atoms with van der Waals surface area (Å²) in [4.78, 5) is 28.4. The van der Waals surface area contributed by atoms with Crippen LogP contribution < -0.4 is 10.2 Å². The van der Waals surface area contributed by atoms with Crippen LogP contribution in [-0.4, -0.2) is 106 Å². The SMILES string of the molecule is CC(C)N1CCCC(Nc2nc(N3CCN(S(=O)(=O)c4ccccc4)CC3)nc3c2ncn3C(C)C)C1.O=C(O)C(F)(F)F. The summed E-state index contributed by atoms with van der Waals surface area (Å²) < 4.78 is 61.5. The fourth-order valence-electron chi connectivity index (χ4n) is 5.18. The number of imidazole rings is 1. The minimum atomic E-state index is -5.08. The van der Waals surface area contributed by atoms with Crippen molar-refractivity contribution in [2.24, 2.45) is 0 Å². The van der Waals surface area contributed by atoms with E-state index in [1.165, 1.54) is 0 Å². The van der Waals surface area contributed by atoms with Gasteiger partial charge in [0.1, 0.15) is 0 Å². The summed E-state index contributed by atoms with van der Waals surface area (Å²) in [5.74, 6) is -1.38. The number of sulfonamides is 1. The molecule has 16 heteroatoms. The molecule has 242 valence electrons. The zero-order valence-corrected chi connectivity index (χ0v) is 26.0. The van der Waals surface area contributed by atoms with Gasteiger partial charge in [-0.2, -0.15) is 27.4 Å². The van der Waals surface area contributed by atoms with Gasteiger partial charge in [0.2, 0.25) is 16.0 Å². The molecule has 0 radical (unpaired) electrons. The molecular weight excluding hydrogens is 601 g/mol. The van der Waals surface area contributed by atoms with Crippen molar-refractivity contribution in [3.8, 4) is 0 Å². The Morgan fingerprint density at radius 1 is 1.00 bits per heavy atom. The Hall–Kier alpha value is -3.50. The molecule has 0 saturated carbocycles. The molecule has 3 aromatic rings. The molecule has 0 aliphatic carbocycles. The predicted molar refractivity (Wildman–Crippen MR) is 160 cm³/mol. The molecule has 2 fully saturated rings. The first-order valence-electron chi connectivity index (χ1n) is 14.5. The molecule has 12 nitrogen and oxygen atoms in total. The smallest absolute Gasteiger partial charge is 0.475 e. The fourth-order valence-corrected chi connectivity index (χ4v) is 6.62. The summed E-state index contributed by atoms with van der Waals surface area (Å²) in [5, 5.41) is 10.8. The molecule has 1 aromatic carbocycles. The molecule has 4 heterocycles. The molecule has 0 amide bonds. The lowest BCUT2D eigenvalue weighted by Gasteiger charge is -2.36. The molecule has 2 aliphatic rings. The van der Waals surface area contributed by atoms with E-state index >= 15 is 0 Å². The Bertz CT molecular complexity index is 1520. The number of carboxylic acid groups (broad SMARTS) is 1. The van der Waals surface area contributed by atoms with E-state index in [9.17, 15) is 21.6 Å². The van der Waals surface area contributed by atoms with Crippen LogP contribution >= 0.6 is 0 Å². The normalized spacial score (nSPS) is 18.8. The largest absolute Gasteiger partial charge is 0.490 e. The van der Waals surface area contributed by atoms with Gasteiger partial charge < -0.3 is 19.9 Å². The van der Waals surface area contributed by atoms with Crippen LogP contribution in [0.5, 0.6) is 0 Å². The average molecular weight is 641 g/mol. The van der Waals surface area contributed by atoms with E-state index in [-0.39, 0.29) is 6.04 Å². The van der Waals surface area contributed by atoms with E-state index in [0.717, 1.165) is 42.9 Å². The number of hydrogen-bond donors (Lipinski definition) is 2. The second kappa shape index (κ2) is 13.6. The van der Waals surface area contributed by atoms with Gasteiger partial charge in [-0.1, -0.05) is 18.2 Å². The third-order valence-corrected chi connectivity index (χ3v) is 9.55. The van der Waals surface area contributed by atoms with Gasteiger partial charge in [-0.15, -0.1) is 0 Å². The summed E-state index contributed by atoms with van der Waals surface area (Å²) in [6.07, 6.45) is -1.01. The maximum absolute atomic E-state index is 13.1. The number of halogens is 3. The second-order valence-corrected chi connectivity index (χ2v) is 13.3. The minimum absolute atomic E-state index is 0.208. The van der Waals surface area contributed by atoms with E-state index in [0.29, 0.717) is 49.1 Å². The summed E-state index contributed by atoms with van der Waals surface area (Å²) in [6.45, 7) is 12.6. The first-order chi connectivity index (χ1) is 20.7. The number of rotatable bonds is 7. The lowest BCUT2D eigenvalue weighted by Crippen LogP contribution is -2.49. The zero-order valence-electron chi connectivity index (χ0n) is 25.2. The molecule has 1 atom stereocenters. The Kier molecular flexibility index (Phi) is 10.4. The summed E-state index contributed by atoms with van der Waals surface area (Å²) in [7, 11) is -3.52. The maximum Gasteiger partial charge on any atom is 0.490 e. The number of fused-ring (bicyclic) bond motifs is 1. The number of likely N-dealkylation sites (tertiary alicyclic amines) is 1. The zero-order chi connectivity index (χ0) is 32.2. The highest BCUT2D eigenvalue weighted by Gasteiger charge is 2.38. The number of nitrogens with zero attached hydrogens (tertiary/aromatic N) is 7. The number of hydrogen-bond acceptors (Lipinski definition) is 9. The first-order valence-corrected chi connectivity index (χ1v) is 16.0. The molecular formula is C28H39F3N8O4S. The van der Waals surface area contributed by atoms with Gasteiger partial charge in [0, 0.05) is 50.8 Å². The molecule has 2 aromatic heterocycles. The number of alkyl halides is 3. The van der Waals surface area contributed by atoms with Gasteiger partial charge >= 0.3 is 12.1 Å². The van der Waals surface area contributed by atoms with Crippen molar-refractivity contribution in [2.45, 2.75) is 69.7 Å². The van der Waals surface area contributed by atoms with E-state index in [2.05, 4.69) is 52.4 Å². The lowest BCUT2D eigenvalue weighted by atomic mass is 10.0. The van der Waals surface area contributed by atoms with Gasteiger partial charge in [0.05, 0.1) is 11.2 Å². The van der Waals surface area contributed by atoms with Crippen molar-refractivity contribution in [3.63, 3.8) is 0 Å². The van der Waals surface area contributed by atoms with Crippen LogP contribution in [0.15, 0.2) is 41.6 Å². The lowest BCUT2D eigenvalue weighted by molar-refractivity contribution is -0.192. The first kappa shape index (κ1) is 33.4. The van der Waals surface area contributed by atoms with Crippen LogP contribution in [0, 0.1) is 0 Å². The number of benzene rings is 1. The fraction of sp³-hybridized carbons (Fsp3) is 0.571. The van der Waals surface area contributed by atoms with E-state index < -0.39 is 22.2 Å². The summed E-state index contributed by atoms with van der Waals surface area (Å²) in [6, 6.07) is 9.64.